The lowest BCUT2D eigenvalue weighted by atomic mass is 10.1. The Labute approximate surface area is 124 Å². The van der Waals surface area contributed by atoms with Crippen molar-refractivity contribution in [1.82, 2.24) is 15.6 Å². The summed E-state index contributed by atoms with van der Waals surface area (Å²) in [6.45, 7) is 2.15. The van der Waals surface area contributed by atoms with E-state index >= 15 is 0 Å². The van der Waals surface area contributed by atoms with Crippen LogP contribution in [-0.4, -0.2) is 44.2 Å². The summed E-state index contributed by atoms with van der Waals surface area (Å²) >= 11 is 0. The van der Waals surface area contributed by atoms with Gasteiger partial charge in [0.1, 0.15) is 0 Å². The molecule has 0 saturated heterocycles. The van der Waals surface area contributed by atoms with Crippen molar-refractivity contribution in [3.05, 3.63) is 42.1 Å². The third-order valence-electron chi connectivity index (χ3n) is 3.20. The Morgan fingerprint density at radius 2 is 2.10 bits per heavy atom. The standard InChI is InChI=1S/C16H21N3O2/c1-21-11-10-18-15(20)12-17-9-7-14-5-2-4-13-6-3-8-19-16(13)14/h2-6,8,17H,7,9-12H2,1H3,(H,18,20). The molecule has 5 nitrogen and oxygen atoms in total. The molecule has 2 rings (SSSR count). The first-order valence-corrected chi connectivity index (χ1v) is 7.10. The van der Waals surface area contributed by atoms with Crippen molar-refractivity contribution < 1.29 is 9.53 Å². The number of carbonyl (C=O) groups excluding carboxylic acids is 1. The van der Waals surface area contributed by atoms with Crippen molar-refractivity contribution in [3.63, 3.8) is 0 Å². The van der Waals surface area contributed by atoms with E-state index in [1.54, 1.807) is 7.11 Å². The number of nitrogens with one attached hydrogen (secondary N) is 2. The molecule has 0 aliphatic rings. The van der Waals surface area contributed by atoms with Crippen LogP contribution in [0.2, 0.25) is 0 Å². The van der Waals surface area contributed by atoms with E-state index in [-0.39, 0.29) is 5.91 Å². The second-order valence-electron chi connectivity index (χ2n) is 4.76. The lowest BCUT2D eigenvalue weighted by molar-refractivity contribution is -0.120. The molecule has 0 aliphatic heterocycles. The van der Waals surface area contributed by atoms with Crippen molar-refractivity contribution in [2.75, 3.05) is 33.4 Å². The molecule has 1 heterocycles. The van der Waals surface area contributed by atoms with Crippen LogP contribution in [0.4, 0.5) is 0 Å². The zero-order valence-corrected chi connectivity index (χ0v) is 12.3. The van der Waals surface area contributed by atoms with Gasteiger partial charge in [-0.1, -0.05) is 24.3 Å². The minimum absolute atomic E-state index is 0.0110. The number of pyridine rings is 1. The van der Waals surface area contributed by atoms with Gasteiger partial charge in [0, 0.05) is 25.2 Å². The second-order valence-corrected chi connectivity index (χ2v) is 4.76. The fourth-order valence-corrected chi connectivity index (χ4v) is 2.15. The molecule has 5 heteroatoms. The first-order chi connectivity index (χ1) is 10.3. The maximum absolute atomic E-state index is 11.5. The van der Waals surface area contributed by atoms with E-state index in [0.717, 1.165) is 23.9 Å². The molecule has 1 aromatic carbocycles. The topological polar surface area (TPSA) is 63.2 Å². The Morgan fingerprint density at radius 1 is 1.24 bits per heavy atom. The van der Waals surface area contributed by atoms with Gasteiger partial charge < -0.3 is 15.4 Å². The molecule has 112 valence electrons. The van der Waals surface area contributed by atoms with E-state index in [1.165, 1.54) is 5.56 Å². The van der Waals surface area contributed by atoms with Gasteiger partial charge in [-0.3, -0.25) is 9.78 Å². The van der Waals surface area contributed by atoms with Gasteiger partial charge in [0.2, 0.25) is 5.91 Å². The molecule has 1 amide bonds. The molecule has 1 aromatic heterocycles. The van der Waals surface area contributed by atoms with Crippen LogP contribution in [0.5, 0.6) is 0 Å². The predicted octanol–water partition coefficient (Wildman–Crippen LogP) is 1.13. The quantitative estimate of drug-likeness (QED) is 0.714. The molecular weight excluding hydrogens is 266 g/mol. The summed E-state index contributed by atoms with van der Waals surface area (Å²) in [5.74, 6) is -0.0110. The molecule has 2 aromatic rings. The zero-order chi connectivity index (χ0) is 14.9. The van der Waals surface area contributed by atoms with Gasteiger partial charge in [-0.2, -0.15) is 0 Å². The van der Waals surface area contributed by atoms with E-state index in [0.29, 0.717) is 19.7 Å². The monoisotopic (exact) mass is 287 g/mol. The zero-order valence-electron chi connectivity index (χ0n) is 12.3. The number of rotatable bonds is 8. The van der Waals surface area contributed by atoms with Crippen LogP contribution in [0.3, 0.4) is 0 Å². The van der Waals surface area contributed by atoms with Gasteiger partial charge >= 0.3 is 0 Å². The van der Waals surface area contributed by atoms with Crippen molar-refractivity contribution in [2.45, 2.75) is 6.42 Å². The van der Waals surface area contributed by atoms with Crippen LogP contribution >= 0.6 is 0 Å². The average Bonchev–Trinajstić information content (AvgIpc) is 2.52. The molecule has 0 fully saturated rings. The van der Waals surface area contributed by atoms with Crippen LogP contribution < -0.4 is 10.6 Å². The van der Waals surface area contributed by atoms with Crippen LogP contribution in [0, 0.1) is 0 Å². The molecular formula is C16H21N3O2. The highest BCUT2D eigenvalue weighted by molar-refractivity contribution is 5.81. The first kappa shape index (κ1) is 15.4. The number of fused-ring (bicyclic) bond motifs is 1. The summed E-state index contributed by atoms with van der Waals surface area (Å²) in [4.78, 5) is 15.9. The minimum atomic E-state index is -0.0110. The Morgan fingerprint density at radius 3 is 2.95 bits per heavy atom. The Hall–Kier alpha value is -1.98. The molecule has 0 unspecified atom stereocenters. The van der Waals surface area contributed by atoms with E-state index in [4.69, 9.17) is 4.74 Å². The first-order valence-electron chi connectivity index (χ1n) is 7.10. The molecule has 2 N–H and O–H groups in total. The van der Waals surface area contributed by atoms with Crippen molar-refractivity contribution in [1.29, 1.82) is 0 Å². The number of ether oxygens (including phenoxy) is 1. The van der Waals surface area contributed by atoms with Crippen LogP contribution in [0.1, 0.15) is 5.56 Å². The number of benzene rings is 1. The number of para-hydroxylation sites is 1. The summed E-state index contributed by atoms with van der Waals surface area (Å²) in [5.41, 5.74) is 2.23. The second kappa shape index (κ2) is 8.34. The lowest BCUT2D eigenvalue weighted by Crippen LogP contribution is -2.36. The van der Waals surface area contributed by atoms with Gasteiger partial charge in [-0.05, 0) is 24.6 Å². The molecule has 0 saturated carbocycles. The van der Waals surface area contributed by atoms with E-state index in [2.05, 4.69) is 33.8 Å². The number of hydrogen-bond acceptors (Lipinski definition) is 4. The van der Waals surface area contributed by atoms with Crippen molar-refractivity contribution >= 4 is 16.8 Å². The third kappa shape index (κ3) is 4.81. The van der Waals surface area contributed by atoms with Crippen LogP contribution in [-0.2, 0) is 16.0 Å². The lowest BCUT2D eigenvalue weighted by Gasteiger charge is -2.08. The fourth-order valence-electron chi connectivity index (χ4n) is 2.15. The van der Waals surface area contributed by atoms with Gasteiger partial charge in [0.25, 0.3) is 0 Å². The average molecular weight is 287 g/mol. The number of aromatic nitrogens is 1. The number of amides is 1. The summed E-state index contributed by atoms with van der Waals surface area (Å²) in [7, 11) is 1.61. The van der Waals surface area contributed by atoms with Crippen LogP contribution in [0.15, 0.2) is 36.5 Å². The summed E-state index contributed by atoms with van der Waals surface area (Å²) in [5, 5.41) is 7.06. The van der Waals surface area contributed by atoms with E-state index in [1.807, 2.05) is 18.3 Å². The summed E-state index contributed by atoms with van der Waals surface area (Å²) < 4.78 is 4.87. The normalized spacial score (nSPS) is 10.7. The highest BCUT2D eigenvalue weighted by Crippen LogP contribution is 2.15. The smallest absolute Gasteiger partial charge is 0.234 e. The highest BCUT2D eigenvalue weighted by atomic mass is 16.5. The Balaban J connectivity index is 1.76. The summed E-state index contributed by atoms with van der Waals surface area (Å²) in [6.07, 6.45) is 2.65. The van der Waals surface area contributed by atoms with Gasteiger partial charge in [-0.25, -0.2) is 0 Å². The third-order valence-corrected chi connectivity index (χ3v) is 3.20. The SMILES string of the molecule is COCCNC(=O)CNCCc1cccc2cccnc12. The van der Waals surface area contributed by atoms with Gasteiger partial charge in [0.15, 0.2) is 0 Å². The molecule has 0 atom stereocenters. The summed E-state index contributed by atoms with van der Waals surface area (Å²) in [6, 6.07) is 10.2. The molecule has 0 aliphatic carbocycles. The maximum atomic E-state index is 11.5. The number of carbonyl (C=O) groups is 1. The van der Waals surface area contributed by atoms with E-state index < -0.39 is 0 Å². The Kier molecular flexibility index (Phi) is 6.12. The molecule has 0 radical (unpaired) electrons. The Bertz CT molecular complexity index is 581. The number of hydrogen-bond donors (Lipinski definition) is 2. The predicted molar refractivity (Wildman–Crippen MR) is 83.2 cm³/mol. The van der Waals surface area contributed by atoms with Crippen molar-refractivity contribution in [3.8, 4) is 0 Å². The largest absolute Gasteiger partial charge is 0.383 e. The van der Waals surface area contributed by atoms with Crippen molar-refractivity contribution in [2.24, 2.45) is 0 Å². The van der Waals surface area contributed by atoms with Crippen LogP contribution in [0.25, 0.3) is 10.9 Å². The molecule has 21 heavy (non-hydrogen) atoms. The van der Waals surface area contributed by atoms with Gasteiger partial charge in [0.05, 0.1) is 18.7 Å². The fraction of sp³-hybridized carbons (Fsp3) is 0.375. The van der Waals surface area contributed by atoms with Gasteiger partial charge in [-0.15, -0.1) is 0 Å². The molecule has 0 spiro atoms. The minimum Gasteiger partial charge on any atom is -0.383 e. The number of methoxy groups -OCH3 is 1. The number of nitrogens with zero attached hydrogens (tertiary/aromatic N) is 1. The highest BCUT2D eigenvalue weighted by Gasteiger charge is 2.03. The molecule has 0 bridgehead atoms. The van der Waals surface area contributed by atoms with E-state index in [9.17, 15) is 4.79 Å². The maximum Gasteiger partial charge on any atom is 0.234 e.